The van der Waals surface area contributed by atoms with E-state index in [1.54, 1.807) is 24.3 Å². The van der Waals surface area contributed by atoms with E-state index in [4.69, 9.17) is 0 Å². The van der Waals surface area contributed by atoms with Crippen LogP contribution in [0.25, 0.3) is 0 Å². The van der Waals surface area contributed by atoms with E-state index in [-0.39, 0.29) is 17.3 Å². The SMILES string of the molecule is O=S(=O)(Cc1ccccc1)Nc1ncccc1O. The fourth-order valence-electron chi connectivity index (χ4n) is 1.45. The molecule has 0 atom stereocenters. The highest BCUT2D eigenvalue weighted by Crippen LogP contribution is 2.20. The second kappa shape index (κ2) is 5.05. The summed E-state index contributed by atoms with van der Waals surface area (Å²) in [4.78, 5) is 3.76. The van der Waals surface area contributed by atoms with Gasteiger partial charge in [-0.2, -0.15) is 0 Å². The molecule has 6 heteroatoms. The molecule has 0 saturated heterocycles. The Morgan fingerprint density at radius 1 is 1.11 bits per heavy atom. The van der Waals surface area contributed by atoms with Crippen molar-refractivity contribution in [2.75, 3.05) is 4.72 Å². The van der Waals surface area contributed by atoms with Gasteiger partial charge in [0.1, 0.15) is 0 Å². The predicted octanol–water partition coefficient (Wildman–Crippen LogP) is 1.73. The van der Waals surface area contributed by atoms with Gasteiger partial charge in [-0.05, 0) is 17.7 Å². The summed E-state index contributed by atoms with van der Waals surface area (Å²) in [5, 5.41) is 9.45. The van der Waals surface area contributed by atoms with Crippen LogP contribution in [0.1, 0.15) is 5.56 Å². The number of anilines is 1. The van der Waals surface area contributed by atoms with E-state index in [9.17, 15) is 13.5 Å². The summed E-state index contributed by atoms with van der Waals surface area (Å²) >= 11 is 0. The lowest BCUT2D eigenvalue weighted by Crippen LogP contribution is -2.15. The summed E-state index contributed by atoms with van der Waals surface area (Å²) in [7, 11) is -3.58. The lowest BCUT2D eigenvalue weighted by atomic mass is 10.2. The number of pyridine rings is 1. The molecule has 0 bridgehead atoms. The lowest BCUT2D eigenvalue weighted by Gasteiger charge is -2.08. The third-order valence-corrected chi connectivity index (χ3v) is 3.46. The van der Waals surface area contributed by atoms with Crippen molar-refractivity contribution in [1.82, 2.24) is 4.98 Å². The Morgan fingerprint density at radius 2 is 1.83 bits per heavy atom. The molecule has 0 radical (unpaired) electrons. The van der Waals surface area contributed by atoms with Crippen molar-refractivity contribution in [1.29, 1.82) is 0 Å². The largest absolute Gasteiger partial charge is 0.504 e. The van der Waals surface area contributed by atoms with Crippen LogP contribution in [-0.2, 0) is 15.8 Å². The van der Waals surface area contributed by atoms with Gasteiger partial charge < -0.3 is 5.11 Å². The van der Waals surface area contributed by atoms with Gasteiger partial charge >= 0.3 is 0 Å². The zero-order valence-electron chi connectivity index (χ0n) is 9.45. The van der Waals surface area contributed by atoms with Gasteiger partial charge in [-0.3, -0.25) is 4.72 Å². The van der Waals surface area contributed by atoms with Crippen LogP contribution in [0.15, 0.2) is 48.7 Å². The maximum atomic E-state index is 11.9. The second-order valence-electron chi connectivity index (χ2n) is 3.72. The fraction of sp³-hybridized carbons (Fsp3) is 0.0833. The van der Waals surface area contributed by atoms with E-state index in [1.165, 1.54) is 18.3 Å². The normalized spacial score (nSPS) is 11.1. The van der Waals surface area contributed by atoms with E-state index in [0.29, 0.717) is 5.56 Å². The molecule has 5 nitrogen and oxygen atoms in total. The summed E-state index contributed by atoms with van der Waals surface area (Å²) in [5.74, 6) is -0.424. The van der Waals surface area contributed by atoms with Crippen molar-refractivity contribution >= 4 is 15.8 Å². The molecule has 0 spiro atoms. The van der Waals surface area contributed by atoms with Crippen molar-refractivity contribution in [2.24, 2.45) is 0 Å². The predicted molar refractivity (Wildman–Crippen MR) is 68.6 cm³/mol. The zero-order chi connectivity index (χ0) is 13.0. The van der Waals surface area contributed by atoms with Crippen molar-refractivity contribution in [2.45, 2.75) is 5.75 Å². The Hall–Kier alpha value is -2.08. The number of aromatic hydroxyl groups is 1. The van der Waals surface area contributed by atoms with Crippen LogP contribution >= 0.6 is 0 Å². The topological polar surface area (TPSA) is 79.3 Å². The molecular formula is C12H12N2O3S. The Bertz CT molecular complexity index is 627. The number of nitrogens with zero attached hydrogens (tertiary/aromatic N) is 1. The van der Waals surface area contributed by atoms with Gasteiger partial charge in [0, 0.05) is 6.20 Å². The van der Waals surface area contributed by atoms with Crippen molar-refractivity contribution in [3.05, 3.63) is 54.2 Å². The first kappa shape index (κ1) is 12.4. The monoisotopic (exact) mass is 264 g/mol. The maximum absolute atomic E-state index is 11.9. The molecule has 18 heavy (non-hydrogen) atoms. The molecule has 1 aromatic heterocycles. The molecule has 2 rings (SSSR count). The first-order chi connectivity index (χ1) is 8.57. The van der Waals surface area contributed by atoms with Gasteiger partial charge in [0.2, 0.25) is 10.0 Å². The molecule has 0 saturated carbocycles. The van der Waals surface area contributed by atoms with E-state index < -0.39 is 10.0 Å². The molecule has 0 aliphatic heterocycles. The third-order valence-electron chi connectivity index (χ3n) is 2.24. The van der Waals surface area contributed by atoms with Crippen LogP contribution in [0.4, 0.5) is 5.82 Å². The summed E-state index contributed by atoms with van der Waals surface area (Å²) in [6, 6.07) is 11.7. The standard InChI is InChI=1S/C12H12N2O3S/c15-11-7-4-8-13-12(11)14-18(16,17)9-10-5-2-1-3-6-10/h1-8,15H,9H2,(H,13,14). The minimum Gasteiger partial charge on any atom is -0.504 e. The quantitative estimate of drug-likeness (QED) is 0.881. The summed E-state index contributed by atoms with van der Waals surface area (Å²) < 4.78 is 26.0. The van der Waals surface area contributed by atoms with E-state index in [1.807, 2.05) is 6.07 Å². The van der Waals surface area contributed by atoms with Crippen LogP contribution in [0.5, 0.6) is 5.75 Å². The molecular weight excluding hydrogens is 252 g/mol. The maximum Gasteiger partial charge on any atom is 0.238 e. The second-order valence-corrected chi connectivity index (χ2v) is 5.44. The molecule has 0 amide bonds. The number of aromatic nitrogens is 1. The molecule has 94 valence electrons. The van der Waals surface area contributed by atoms with Crippen LogP contribution in [0, 0.1) is 0 Å². The molecule has 0 aliphatic carbocycles. The number of benzene rings is 1. The molecule has 2 N–H and O–H groups in total. The Morgan fingerprint density at radius 3 is 2.50 bits per heavy atom. The van der Waals surface area contributed by atoms with Gasteiger partial charge in [-0.15, -0.1) is 0 Å². The van der Waals surface area contributed by atoms with Gasteiger partial charge in [0.25, 0.3) is 0 Å². The number of sulfonamides is 1. The Kier molecular flexibility index (Phi) is 3.47. The van der Waals surface area contributed by atoms with Gasteiger partial charge in [0.15, 0.2) is 11.6 Å². The van der Waals surface area contributed by atoms with Crippen molar-refractivity contribution in [3.63, 3.8) is 0 Å². The first-order valence-electron chi connectivity index (χ1n) is 5.25. The van der Waals surface area contributed by atoms with E-state index in [0.717, 1.165) is 0 Å². The Balaban J connectivity index is 2.16. The number of hydrogen-bond donors (Lipinski definition) is 2. The lowest BCUT2D eigenvalue weighted by molar-refractivity contribution is 0.475. The highest BCUT2D eigenvalue weighted by Gasteiger charge is 2.14. The van der Waals surface area contributed by atoms with Crippen LogP contribution in [-0.4, -0.2) is 18.5 Å². The van der Waals surface area contributed by atoms with Gasteiger partial charge in [-0.25, -0.2) is 13.4 Å². The van der Waals surface area contributed by atoms with Crippen LogP contribution in [0.2, 0.25) is 0 Å². The zero-order valence-corrected chi connectivity index (χ0v) is 10.3. The molecule has 0 unspecified atom stereocenters. The number of nitrogens with one attached hydrogen (secondary N) is 1. The number of rotatable bonds is 4. The summed E-state index contributed by atoms with van der Waals surface area (Å²) in [6.45, 7) is 0. The minimum atomic E-state index is -3.58. The molecule has 0 aliphatic rings. The van der Waals surface area contributed by atoms with Crippen molar-refractivity contribution < 1.29 is 13.5 Å². The van der Waals surface area contributed by atoms with E-state index >= 15 is 0 Å². The Labute approximate surface area is 105 Å². The smallest absolute Gasteiger partial charge is 0.238 e. The van der Waals surface area contributed by atoms with Crippen LogP contribution < -0.4 is 4.72 Å². The highest BCUT2D eigenvalue weighted by atomic mass is 32.2. The molecule has 1 aromatic carbocycles. The highest BCUT2D eigenvalue weighted by molar-refractivity contribution is 7.91. The molecule has 0 fully saturated rings. The minimum absolute atomic E-state index is 0.0616. The first-order valence-corrected chi connectivity index (χ1v) is 6.90. The summed E-state index contributed by atoms with van der Waals surface area (Å²) in [5.41, 5.74) is 0.667. The van der Waals surface area contributed by atoms with Crippen LogP contribution in [0.3, 0.4) is 0 Å². The molecule has 1 heterocycles. The fourth-order valence-corrected chi connectivity index (χ4v) is 2.61. The summed E-state index contributed by atoms with van der Waals surface area (Å²) in [6.07, 6.45) is 1.40. The van der Waals surface area contributed by atoms with Gasteiger partial charge in [-0.1, -0.05) is 30.3 Å². The molecule has 2 aromatic rings. The van der Waals surface area contributed by atoms with E-state index in [2.05, 4.69) is 9.71 Å². The van der Waals surface area contributed by atoms with Gasteiger partial charge in [0.05, 0.1) is 5.75 Å². The van der Waals surface area contributed by atoms with Crippen molar-refractivity contribution in [3.8, 4) is 5.75 Å². The average Bonchev–Trinajstić information content (AvgIpc) is 2.32. The third kappa shape index (κ3) is 3.21. The number of hydrogen-bond acceptors (Lipinski definition) is 4. The average molecular weight is 264 g/mol.